The van der Waals surface area contributed by atoms with Crippen LogP contribution >= 0.6 is 0 Å². The molecule has 25 heavy (non-hydrogen) atoms. The standard InChI is InChI=1S/C16H19F3N2O4/c1-9-3-4-13(25-2)12(5-9)20-14(22)8-21-6-10(15(23)24)11(7-21)16(17,18)19/h3-5,10-11H,6-8H2,1-2H3,(H,20,22)(H,23,24)/t10-,11-/m1/s1. The number of hydrogen-bond acceptors (Lipinski definition) is 4. The average molecular weight is 360 g/mol. The minimum atomic E-state index is -4.62. The Kier molecular flexibility index (Phi) is 5.56. The Labute approximate surface area is 142 Å². The number of carboxylic acid groups (broad SMARTS) is 1. The van der Waals surface area contributed by atoms with E-state index < -0.39 is 36.4 Å². The fourth-order valence-electron chi connectivity index (χ4n) is 2.91. The maximum Gasteiger partial charge on any atom is 0.393 e. The van der Waals surface area contributed by atoms with Gasteiger partial charge in [-0.25, -0.2) is 0 Å². The van der Waals surface area contributed by atoms with E-state index in [0.29, 0.717) is 11.4 Å². The van der Waals surface area contributed by atoms with Crippen LogP contribution in [0, 0.1) is 18.8 Å². The summed E-state index contributed by atoms with van der Waals surface area (Å²) in [4.78, 5) is 24.4. The second-order valence-corrected chi connectivity index (χ2v) is 6.04. The second-order valence-electron chi connectivity index (χ2n) is 6.04. The van der Waals surface area contributed by atoms with E-state index in [1.807, 2.05) is 6.92 Å². The molecule has 1 aliphatic rings. The predicted octanol–water partition coefficient (Wildman–Crippen LogP) is 2.14. The number of aliphatic carboxylic acids is 1. The van der Waals surface area contributed by atoms with Crippen molar-refractivity contribution >= 4 is 17.6 Å². The van der Waals surface area contributed by atoms with Gasteiger partial charge in [0, 0.05) is 13.1 Å². The van der Waals surface area contributed by atoms with E-state index in [-0.39, 0.29) is 13.1 Å². The lowest BCUT2D eigenvalue weighted by atomic mass is 9.96. The van der Waals surface area contributed by atoms with Crippen molar-refractivity contribution in [2.45, 2.75) is 13.1 Å². The van der Waals surface area contributed by atoms with Gasteiger partial charge in [-0.2, -0.15) is 13.2 Å². The van der Waals surface area contributed by atoms with Crippen LogP contribution in [0.5, 0.6) is 5.75 Å². The van der Waals surface area contributed by atoms with Gasteiger partial charge < -0.3 is 15.2 Å². The number of carbonyl (C=O) groups excluding carboxylic acids is 1. The Hall–Kier alpha value is -2.29. The van der Waals surface area contributed by atoms with Gasteiger partial charge in [0.05, 0.1) is 31.2 Å². The van der Waals surface area contributed by atoms with E-state index in [1.165, 1.54) is 12.0 Å². The number of nitrogens with zero attached hydrogens (tertiary/aromatic N) is 1. The average Bonchev–Trinajstić information content (AvgIpc) is 2.91. The van der Waals surface area contributed by atoms with Crippen LogP contribution in [0.1, 0.15) is 5.56 Å². The normalized spacial score (nSPS) is 21.2. The molecule has 2 atom stereocenters. The zero-order valence-electron chi connectivity index (χ0n) is 13.8. The predicted molar refractivity (Wildman–Crippen MR) is 83.5 cm³/mol. The Morgan fingerprint density at radius 3 is 2.56 bits per heavy atom. The zero-order chi connectivity index (χ0) is 18.8. The van der Waals surface area contributed by atoms with Crippen LogP contribution in [0.3, 0.4) is 0 Å². The molecule has 2 N–H and O–H groups in total. The van der Waals surface area contributed by atoms with E-state index in [0.717, 1.165) is 5.56 Å². The maximum atomic E-state index is 13.0. The van der Waals surface area contributed by atoms with Crippen molar-refractivity contribution in [1.29, 1.82) is 0 Å². The largest absolute Gasteiger partial charge is 0.495 e. The highest BCUT2D eigenvalue weighted by Gasteiger charge is 2.52. The number of hydrogen-bond donors (Lipinski definition) is 2. The first-order valence-electron chi connectivity index (χ1n) is 7.58. The smallest absolute Gasteiger partial charge is 0.393 e. The van der Waals surface area contributed by atoms with Crippen LogP contribution in [-0.2, 0) is 9.59 Å². The van der Waals surface area contributed by atoms with E-state index in [1.54, 1.807) is 18.2 Å². The third kappa shape index (κ3) is 4.62. The van der Waals surface area contributed by atoms with E-state index in [4.69, 9.17) is 9.84 Å². The molecule has 0 radical (unpaired) electrons. The van der Waals surface area contributed by atoms with E-state index in [2.05, 4.69) is 5.32 Å². The highest BCUT2D eigenvalue weighted by molar-refractivity contribution is 5.93. The van der Waals surface area contributed by atoms with Crippen LogP contribution in [0.15, 0.2) is 18.2 Å². The van der Waals surface area contributed by atoms with Crippen molar-refractivity contribution in [3.63, 3.8) is 0 Å². The molecular formula is C16H19F3N2O4. The Morgan fingerprint density at radius 1 is 1.36 bits per heavy atom. The van der Waals surface area contributed by atoms with Gasteiger partial charge in [0.15, 0.2) is 0 Å². The molecule has 0 unspecified atom stereocenters. The molecule has 1 fully saturated rings. The number of alkyl halides is 3. The number of halogens is 3. The molecule has 0 spiro atoms. The molecule has 0 bridgehead atoms. The molecule has 2 rings (SSSR count). The summed E-state index contributed by atoms with van der Waals surface area (Å²) in [5, 5.41) is 11.6. The molecule has 1 aromatic rings. The monoisotopic (exact) mass is 360 g/mol. The van der Waals surface area contributed by atoms with Gasteiger partial charge in [0.1, 0.15) is 5.75 Å². The van der Waals surface area contributed by atoms with Crippen molar-refractivity contribution in [1.82, 2.24) is 4.90 Å². The molecule has 1 amide bonds. The summed E-state index contributed by atoms with van der Waals surface area (Å²) in [5.41, 5.74) is 1.29. The molecule has 138 valence electrons. The second kappa shape index (κ2) is 7.30. The summed E-state index contributed by atoms with van der Waals surface area (Å²) in [6, 6.07) is 5.14. The number of ether oxygens (including phenoxy) is 1. The lowest BCUT2D eigenvalue weighted by Gasteiger charge is -2.18. The SMILES string of the molecule is COc1ccc(C)cc1NC(=O)CN1C[C@@H](C(F)(F)F)[C@H](C(=O)O)C1. The number of anilines is 1. The number of carboxylic acids is 1. The lowest BCUT2D eigenvalue weighted by molar-refractivity contribution is -0.188. The third-order valence-corrected chi connectivity index (χ3v) is 4.13. The summed E-state index contributed by atoms with van der Waals surface area (Å²) in [6.45, 7) is 0.658. The summed E-state index contributed by atoms with van der Waals surface area (Å²) < 4.78 is 44.0. The summed E-state index contributed by atoms with van der Waals surface area (Å²) in [6.07, 6.45) is -4.62. The molecule has 9 heteroatoms. The topological polar surface area (TPSA) is 78.9 Å². The molecule has 1 aliphatic heterocycles. The van der Waals surface area contributed by atoms with Crippen LogP contribution in [-0.4, -0.2) is 54.8 Å². The fourth-order valence-corrected chi connectivity index (χ4v) is 2.91. The van der Waals surface area contributed by atoms with E-state index >= 15 is 0 Å². The molecule has 1 saturated heterocycles. The van der Waals surface area contributed by atoms with Crippen molar-refractivity contribution in [2.75, 3.05) is 32.1 Å². The van der Waals surface area contributed by atoms with Gasteiger partial charge in [0.25, 0.3) is 0 Å². The van der Waals surface area contributed by atoms with Gasteiger partial charge in [-0.15, -0.1) is 0 Å². The molecule has 0 aliphatic carbocycles. The quantitative estimate of drug-likeness (QED) is 0.841. The number of benzene rings is 1. The number of aryl methyl sites for hydroxylation is 1. The van der Waals surface area contributed by atoms with Gasteiger partial charge in [-0.1, -0.05) is 6.07 Å². The Balaban J connectivity index is 2.04. The van der Waals surface area contributed by atoms with Gasteiger partial charge in [-0.05, 0) is 24.6 Å². The number of nitrogens with one attached hydrogen (secondary N) is 1. The minimum absolute atomic E-state index is 0.322. The van der Waals surface area contributed by atoms with Gasteiger partial charge >= 0.3 is 12.1 Å². The van der Waals surface area contributed by atoms with Gasteiger partial charge in [0.2, 0.25) is 5.91 Å². The van der Waals surface area contributed by atoms with Gasteiger partial charge in [-0.3, -0.25) is 14.5 Å². The van der Waals surface area contributed by atoms with Crippen molar-refractivity contribution in [3.05, 3.63) is 23.8 Å². The van der Waals surface area contributed by atoms with Crippen molar-refractivity contribution in [2.24, 2.45) is 11.8 Å². The first kappa shape index (κ1) is 19.0. The summed E-state index contributed by atoms with van der Waals surface area (Å²) in [7, 11) is 1.44. The first-order chi connectivity index (χ1) is 11.6. The van der Waals surface area contributed by atoms with Crippen LogP contribution in [0.25, 0.3) is 0 Å². The Bertz CT molecular complexity index is 663. The number of carbonyl (C=O) groups is 2. The number of rotatable bonds is 5. The first-order valence-corrected chi connectivity index (χ1v) is 7.58. The van der Waals surface area contributed by atoms with E-state index in [9.17, 15) is 22.8 Å². The molecule has 0 aromatic heterocycles. The molecular weight excluding hydrogens is 341 g/mol. The number of methoxy groups -OCH3 is 1. The third-order valence-electron chi connectivity index (χ3n) is 4.13. The van der Waals surface area contributed by atoms with Crippen LogP contribution in [0.4, 0.5) is 18.9 Å². The molecule has 0 saturated carbocycles. The van der Waals surface area contributed by atoms with Crippen molar-refractivity contribution in [3.8, 4) is 5.75 Å². The number of amides is 1. The molecule has 6 nitrogen and oxygen atoms in total. The van der Waals surface area contributed by atoms with Crippen LogP contribution < -0.4 is 10.1 Å². The van der Waals surface area contributed by atoms with Crippen molar-refractivity contribution < 1.29 is 32.6 Å². The number of likely N-dealkylation sites (tertiary alicyclic amines) is 1. The fraction of sp³-hybridized carbons (Fsp3) is 0.500. The highest BCUT2D eigenvalue weighted by Crippen LogP contribution is 2.37. The molecule has 1 heterocycles. The van der Waals surface area contributed by atoms with Crippen LogP contribution in [0.2, 0.25) is 0 Å². The summed E-state index contributed by atoms with van der Waals surface area (Å²) in [5.74, 6) is -5.16. The minimum Gasteiger partial charge on any atom is -0.495 e. The Morgan fingerprint density at radius 2 is 2.04 bits per heavy atom. The molecule has 1 aromatic carbocycles. The highest BCUT2D eigenvalue weighted by atomic mass is 19.4. The maximum absolute atomic E-state index is 13.0. The summed E-state index contributed by atoms with van der Waals surface area (Å²) >= 11 is 0. The zero-order valence-corrected chi connectivity index (χ0v) is 13.8. The lowest BCUT2D eigenvalue weighted by Crippen LogP contribution is -2.34.